The second kappa shape index (κ2) is 11.5. The summed E-state index contributed by atoms with van der Waals surface area (Å²) in [6.07, 6.45) is -2.72. The predicted octanol–water partition coefficient (Wildman–Crippen LogP) is 7.08. The Morgan fingerprint density at radius 1 is 0.950 bits per heavy atom. The van der Waals surface area contributed by atoms with E-state index in [1.807, 2.05) is 26.0 Å². The van der Waals surface area contributed by atoms with E-state index in [0.717, 1.165) is 34.5 Å². The summed E-state index contributed by atoms with van der Waals surface area (Å²) in [5.74, 6) is -0.882. The van der Waals surface area contributed by atoms with Gasteiger partial charge in [-0.15, -0.1) is 0 Å². The van der Waals surface area contributed by atoms with Crippen LogP contribution < -0.4 is 10.6 Å². The minimum atomic E-state index is -4.72. The van der Waals surface area contributed by atoms with Gasteiger partial charge in [0.1, 0.15) is 17.3 Å². The number of hydrogen-bond donors (Lipinski definition) is 2. The molecule has 212 valence electrons. The van der Waals surface area contributed by atoms with Crippen LogP contribution in [0.2, 0.25) is 0 Å². The number of carbonyl (C=O) groups is 3. The zero-order valence-corrected chi connectivity index (χ0v) is 23.2. The van der Waals surface area contributed by atoms with Gasteiger partial charge in [0.2, 0.25) is 5.91 Å². The number of anilines is 2. The van der Waals surface area contributed by atoms with Gasteiger partial charge in [-0.2, -0.15) is 13.2 Å². The molecule has 0 aliphatic rings. The van der Waals surface area contributed by atoms with Gasteiger partial charge in [0.25, 0.3) is 0 Å². The topological polar surface area (TPSA) is 97.4 Å². The molecular formula is C30H32F3N3O4. The molecule has 0 aliphatic heterocycles. The number of alkyl halides is 3. The molecule has 2 N–H and O–H groups in total. The molecule has 0 fully saturated rings. The molecule has 2 amide bonds. The Labute approximate surface area is 231 Å². The zero-order chi connectivity index (χ0) is 29.9. The lowest BCUT2D eigenvalue weighted by Gasteiger charge is -2.25. The molecule has 10 heteroatoms. The molecule has 1 unspecified atom stereocenters. The van der Waals surface area contributed by atoms with Gasteiger partial charge >= 0.3 is 12.3 Å². The van der Waals surface area contributed by atoms with E-state index < -0.39 is 34.8 Å². The number of amides is 2. The number of aryl methyl sites for hydroxylation is 2. The van der Waals surface area contributed by atoms with Gasteiger partial charge in [-0.25, -0.2) is 4.79 Å². The molecule has 0 bridgehead atoms. The summed E-state index contributed by atoms with van der Waals surface area (Å²) in [5, 5.41) is 4.79. The molecule has 0 saturated carbocycles. The van der Waals surface area contributed by atoms with Crippen molar-refractivity contribution in [3.63, 3.8) is 0 Å². The lowest BCUT2D eigenvalue weighted by atomic mass is 9.81. The van der Waals surface area contributed by atoms with Crippen LogP contribution in [0.5, 0.6) is 0 Å². The zero-order valence-electron chi connectivity index (χ0n) is 23.2. The highest BCUT2D eigenvalue weighted by Crippen LogP contribution is 2.36. The van der Waals surface area contributed by atoms with Crippen LogP contribution in [0.1, 0.15) is 57.0 Å². The van der Waals surface area contributed by atoms with E-state index in [1.165, 1.54) is 6.92 Å². The van der Waals surface area contributed by atoms with Crippen molar-refractivity contribution < 1.29 is 32.3 Å². The summed E-state index contributed by atoms with van der Waals surface area (Å²) in [6, 6.07) is 11.2. The first-order chi connectivity index (χ1) is 18.6. The van der Waals surface area contributed by atoms with Crippen LogP contribution in [-0.4, -0.2) is 28.9 Å². The maximum absolute atomic E-state index is 13.5. The Morgan fingerprint density at radius 3 is 2.25 bits per heavy atom. The van der Waals surface area contributed by atoms with Gasteiger partial charge < -0.3 is 14.8 Å². The van der Waals surface area contributed by atoms with Crippen molar-refractivity contribution >= 4 is 29.7 Å². The van der Waals surface area contributed by atoms with Crippen LogP contribution in [0.3, 0.4) is 0 Å². The lowest BCUT2D eigenvalue weighted by molar-refractivity contribution is -0.137. The van der Waals surface area contributed by atoms with Crippen molar-refractivity contribution in [1.29, 1.82) is 0 Å². The molecule has 2 aromatic carbocycles. The maximum Gasteiger partial charge on any atom is 0.416 e. The first kappa shape index (κ1) is 30.3. The van der Waals surface area contributed by atoms with Gasteiger partial charge in [-0.05, 0) is 93.6 Å². The van der Waals surface area contributed by atoms with Crippen molar-refractivity contribution in [3.8, 4) is 11.1 Å². The quantitative estimate of drug-likeness (QED) is 0.240. The second-order valence-corrected chi connectivity index (χ2v) is 10.6. The van der Waals surface area contributed by atoms with Crippen molar-refractivity contribution in [3.05, 3.63) is 77.1 Å². The average Bonchev–Trinajstić information content (AvgIpc) is 2.87. The van der Waals surface area contributed by atoms with E-state index in [2.05, 4.69) is 15.6 Å². The molecule has 3 rings (SSSR count). The number of benzene rings is 2. The highest BCUT2D eigenvalue weighted by Gasteiger charge is 2.37. The third kappa shape index (κ3) is 7.05. The number of halogens is 3. The Balaban J connectivity index is 2.02. The number of ether oxygens (including phenoxy) is 1. The Hall–Kier alpha value is -4.21. The maximum atomic E-state index is 13.5. The van der Waals surface area contributed by atoms with Crippen molar-refractivity contribution in [2.75, 3.05) is 10.6 Å². The summed E-state index contributed by atoms with van der Waals surface area (Å²) in [6.45, 7) is 10.1. The first-order valence-corrected chi connectivity index (χ1v) is 12.6. The highest BCUT2D eigenvalue weighted by atomic mass is 19.4. The minimum Gasteiger partial charge on any atom is -0.444 e. The molecule has 0 aliphatic carbocycles. The third-order valence-corrected chi connectivity index (χ3v) is 6.22. The minimum absolute atomic E-state index is 0.127. The molecule has 40 heavy (non-hydrogen) atoms. The molecule has 1 aromatic heterocycles. The van der Waals surface area contributed by atoms with E-state index >= 15 is 0 Å². The van der Waals surface area contributed by atoms with Gasteiger partial charge in [0, 0.05) is 11.9 Å². The molecule has 0 spiro atoms. The summed E-state index contributed by atoms with van der Waals surface area (Å²) < 4.78 is 45.7. The Morgan fingerprint density at radius 2 is 1.65 bits per heavy atom. The van der Waals surface area contributed by atoms with Crippen LogP contribution in [0.15, 0.2) is 54.7 Å². The van der Waals surface area contributed by atoms with Crippen molar-refractivity contribution in [2.24, 2.45) is 0 Å². The molecule has 3 aromatic rings. The number of nitrogens with zero attached hydrogens (tertiary/aromatic N) is 1. The Kier molecular flexibility index (Phi) is 8.72. The van der Waals surface area contributed by atoms with Crippen LogP contribution in [-0.2, 0) is 32.3 Å². The summed E-state index contributed by atoms with van der Waals surface area (Å²) >= 11 is 0. The number of aromatic nitrogens is 1. The molecule has 1 heterocycles. The van der Waals surface area contributed by atoms with E-state index in [0.29, 0.717) is 24.3 Å². The monoisotopic (exact) mass is 555 g/mol. The average molecular weight is 556 g/mol. The number of rotatable bonds is 7. The van der Waals surface area contributed by atoms with Gasteiger partial charge in [0.15, 0.2) is 0 Å². The number of nitrogens with one attached hydrogen (secondary N) is 2. The fourth-order valence-corrected chi connectivity index (χ4v) is 4.00. The summed E-state index contributed by atoms with van der Waals surface area (Å²) in [4.78, 5) is 42.6. The summed E-state index contributed by atoms with van der Waals surface area (Å²) in [7, 11) is 0. The van der Waals surface area contributed by atoms with Crippen LogP contribution in [0.25, 0.3) is 11.1 Å². The van der Waals surface area contributed by atoms with Crippen LogP contribution in [0, 0.1) is 6.92 Å². The van der Waals surface area contributed by atoms with Gasteiger partial charge in [-0.1, -0.05) is 25.1 Å². The normalized spacial score (nSPS) is 13.2. The SMILES string of the molecule is CCc1cnc(C)cc1-c1cccc(C(C)(C=O)C(=O)Nc2cc(C(F)(F)F)ccc2NC(=O)OC(C)(C)C)c1. The number of carbonyl (C=O) groups excluding carboxylic acids is 3. The molecule has 0 saturated heterocycles. The predicted molar refractivity (Wildman–Crippen MR) is 147 cm³/mol. The van der Waals surface area contributed by atoms with Crippen molar-refractivity contribution in [1.82, 2.24) is 4.98 Å². The van der Waals surface area contributed by atoms with Gasteiger partial charge in [0.05, 0.1) is 16.9 Å². The largest absolute Gasteiger partial charge is 0.444 e. The van der Waals surface area contributed by atoms with E-state index in [1.54, 1.807) is 45.2 Å². The van der Waals surface area contributed by atoms with Crippen LogP contribution in [0.4, 0.5) is 29.3 Å². The Bertz CT molecular complexity index is 1430. The molecular weight excluding hydrogens is 523 g/mol. The number of aldehydes is 1. The summed E-state index contributed by atoms with van der Waals surface area (Å²) in [5.41, 5.74) is -0.405. The van der Waals surface area contributed by atoms with Gasteiger partial charge in [-0.3, -0.25) is 15.1 Å². The first-order valence-electron chi connectivity index (χ1n) is 12.6. The smallest absolute Gasteiger partial charge is 0.416 e. The van der Waals surface area contributed by atoms with E-state index in [4.69, 9.17) is 4.74 Å². The number of pyridine rings is 1. The standard InChI is InChI=1S/C30H32F3N3O4/c1-7-19-16-34-18(2)13-23(19)20-9-8-10-21(14-20)29(6,17-37)26(38)35-25-15-22(30(31,32)33)11-12-24(25)36-27(39)40-28(3,4)5/h8-17H,7H2,1-6H3,(H,35,38)(H,36,39). The van der Waals surface area contributed by atoms with E-state index in [-0.39, 0.29) is 11.4 Å². The third-order valence-electron chi connectivity index (χ3n) is 6.22. The number of hydrogen-bond acceptors (Lipinski definition) is 5. The van der Waals surface area contributed by atoms with Crippen LogP contribution >= 0.6 is 0 Å². The highest BCUT2D eigenvalue weighted by molar-refractivity contribution is 6.11. The second-order valence-electron chi connectivity index (χ2n) is 10.6. The molecule has 7 nitrogen and oxygen atoms in total. The molecule has 1 atom stereocenters. The van der Waals surface area contributed by atoms with E-state index in [9.17, 15) is 27.6 Å². The molecule has 0 radical (unpaired) electrons. The fraction of sp³-hybridized carbons (Fsp3) is 0.333. The van der Waals surface area contributed by atoms with Crippen molar-refractivity contribution in [2.45, 2.75) is 65.2 Å². The lowest BCUT2D eigenvalue weighted by Crippen LogP contribution is -2.39. The fourth-order valence-electron chi connectivity index (χ4n) is 4.00.